The van der Waals surface area contributed by atoms with Gasteiger partial charge in [0, 0.05) is 58.6 Å². The van der Waals surface area contributed by atoms with E-state index in [9.17, 15) is 19.5 Å². The predicted octanol–water partition coefficient (Wildman–Crippen LogP) is -0.930. The summed E-state index contributed by atoms with van der Waals surface area (Å²) in [6, 6.07) is 8.65. The summed E-state index contributed by atoms with van der Waals surface area (Å²) in [5, 5.41) is 19.1. The fourth-order valence-corrected chi connectivity index (χ4v) is 4.13. The second-order valence-corrected chi connectivity index (χ2v) is 9.99. The summed E-state index contributed by atoms with van der Waals surface area (Å²) in [5.41, 5.74) is 5.42. The summed E-state index contributed by atoms with van der Waals surface area (Å²) in [7, 11) is 0. The van der Waals surface area contributed by atoms with Crippen LogP contribution in [0.3, 0.4) is 0 Å². The maximum Gasteiger partial charge on any atom is 0.354 e. The van der Waals surface area contributed by atoms with Crippen LogP contribution in [0, 0.1) is 0 Å². The predicted molar refractivity (Wildman–Crippen MR) is 135 cm³/mol. The summed E-state index contributed by atoms with van der Waals surface area (Å²) in [5.74, 6) is 0.00832. The first-order valence-corrected chi connectivity index (χ1v) is 12.0. The van der Waals surface area contributed by atoms with E-state index in [1.807, 2.05) is 24.3 Å². The molecule has 4 rings (SSSR count). The minimum absolute atomic E-state index is 0.151. The highest BCUT2D eigenvalue weighted by atomic mass is 16.3. The summed E-state index contributed by atoms with van der Waals surface area (Å²) < 4.78 is 1.40. The second-order valence-electron chi connectivity index (χ2n) is 9.99. The SMILES string of the molecule is CC(C)(N)C(=O)N1CCN(C(=O)Nc2ccn(-c3ccc(CNCC4(O)CNC4)cc3)c(=O)n2)CC1. The minimum atomic E-state index is -0.952. The third kappa shape index (κ3) is 6.08. The van der Waals surface area contributed by atoms with Gasteiger partial charge in [0.15, 0.2) is 0 Å². The highest BCUT2D eigenvalue weighted by molar-refractivity contribution is 5.89. The highest BCUT2D eigenvalue weighted by Crippen LogP contribution is 2.13. The third-order valence-electron chi connectivity index (χ3n) is 6.35. The van der Waals surface area contributed by atoms with E-state index < -0.39 is 16.8 Å². The van der Waals surface area contributed by atoms with Crippen LogP contribution in [0.5, 0.6) is 0 Å². The molecule has 3 amide bonds. The standard InChI is InChI=1S/C24H34N8O4/c1-23(2,25)20(33)30-9-11-31(12-10-30)21(34)28-19-7-8-32(22(35)29-19)18-5-3-17(4-6-18)13-26-14-24(36)15-27-16-24/h3-8,26-27,36H,9-16,25H2,1-2H3,(H,28,29,34,35). The van der Waals surface area contributed by atoms with Gasteiger partial charge in [-0.15, -0.1) is 0 Å². The molecule has 2 aromatic rings. The zero-order valence-electron chi connectivity index (χ0n) is 20.7. The van der Waals surface area contributed by atoms with Crippen molar-refractivity contribution in [1.82, 2.24) is 30.0 Å². The van der Waals surface area contributed by atoms with E-state index in [2.05, 4.69) is 20.9 Å². The van der Waals surface area contributed by atoms with Crippen LogP contribution in [0.4, 0.5) is 10.6 Å². The molecule has 0 saturated carbocycles. The average molecular weight is 499 g/mol. The number of β-amino-alcohol motifs (C(OH)–C–C–N with tert-alkyl or cyclic N) is 1. The quantitative estimate of drug-likeness (QED) is 0.328. The molecule has 12 heteroatoms. The first-order chi connectivity index (χ1) is 17.0. The van der Waals surface area contributed by atoms with Crippen molar-refractivity contribution in [2.45, 2.75) is 31.5 Å². The van der Waals surface area contributed by atoms with Gasteiger partial charge < -0.3 is 31.3 Å². The van der Waals surface area contributed by atoms with Gasteiger partial charge in [0.1, 0.15) is 11.4 Å². The van der Waals surface area contributed by atoms with Gasteiger partial charge >= 0.3 is 11.7 Å². The molecule has 12 nitrogen and oxygen atoms in total. The van der Waals surface area contributed by atoms with Crippen LogP contribution in [-0.4, -0.2) is 93.3 Å². The summed E-state index contributed by atoms with van der Waals surface area (Å²) in [6.45, 7) is 7.14. The fourth-order valence-electron chi connectivity index (χ4n) is 4.13. The van der Waals surface area contributed by atoms with Crippen molar-refractivity contribution < 1.29 is 14.7 Å². The van der Waals surface area contributed by atoms with E-state index in [4.69, 9.17) is 5.73 Å². The first-order valence-electron chi connectivity index (χ1n) is 12.0. The van der Waals surface area contributed by atoms with Crippen LogP contribution in [0.15, 0.2) is 41.3 Å². The van der Waals surface area contributed by atoms with Crippen molar-refractivity contribution in [2.24, 2.45) is 5.73 Å². The Morgan fingerprint density at radius 1 is 1.11 bits per heavy atom. The maximum atomic E-state index is 12.6. The number of benzene rings is 1. The Labute approximate surface area is 209 Å². The summed E-state index contributed by atoms with van der Waals surface area (Å²) >= 11 is 0. The van der Waals surface area contributed by atoms with Gasteiger partial charge in [-0.3, -0.25) is 14.7 Å². The molecular weight excluding hydrogens is 464 g/mol. The number of nitrogens with zero attached hydrogens (tertiary/aromatic N) is 4. The summed E-state index contributed by atoms with van der Waals surface area (Å²) in [6.07, 6.45) is 1.57. The number of carbonyl (C=O) groups is 2. The molecule has 6 N–H and O–H groups in total. The van der Waals surface area contributed by atoms with Crippen molar-refractivity contribution in [2.75, 3.05) is 51.1 Å². The smallest absolute Gasteiger partial charge is 0.354 e. The largest absolute Gasteiger partial charge is 0.386 e. The number of urea groups is 1. The maximum absolute atomic E-state index is 12.6. The molecule has 2 fully saturated rings. The highest BCUT2D eigenvalue weighted by Gasteiger charge is 2.33. The molecule has 0 radical (unpaired) electrons. The molecule has 194 valence electrons. The van der Waals surface area contributed by atoms with Crippen molar-refractivity contribution in [3.05, 3.63) is 52.6 Å². The number of amides is 3. The number of piperazine rings is 1. The first kappa shape index (κ1) is 25.8. The Bertz CT molecular complexity index is 1150. The second kappa shape index (κ2) is 10.3. The van der Waals surface area contributed by atoms with Gasteiger partial charge in [-0.2, -0.15) is 4.98 Å². The van der Waals surface area contributed by atoms with Crippen molar-refractivity contribution in [3.8, 4) is 5.69 Å². The van der Waals surface area contributed by atoms with Crippen LogP contribution >= 0.6 is 0 Å². The van der Waals surface area contributed by atoms with Gasteiger partial charge in [-0.25, -0.2) is 9.59 Å². The van der Waals surface area contributed by atoms with Crippen LogP contribution in [0.25, 0.3) is 5.69 Å². The number of nitrogens with two attached hydrogens (primary N) is 1. The molecule has 2 aliphatic rings. The van der Waals surface area contributed by atoms with Crippen LogP contribution in [0.2, 0.25) is 0 Å². The normalized spacial score (nSPS) is 17.4. The lowest BCUT2D eigenvalue weighted by Crippen LogP contribution is -2.64. The number of rotatable bonds is 7. The van der Waals surface area contributed by atoms with E-state index in [1.54, 1.807) is 35.9 Å². The van der Waals surface area contributed by atoms with Crippen LogP contribution in [0.1, 0.15) is 19.4 Å². The van der Waals surface area contributed by atoms with Crippen LogP contribution in [-0.2, 0) is 11.3 Å². The minimum Gasteiger partial charge on any atom is -0.386 e. The van der Waals surface area contributed by atoms with Crippen LogP contribution < -0.4 is 27.4 Å². The van der Waals surface area contributed by atoms with Gasteiger partial charge in [0.2, 0.25) is 5.91 Å². The molecule has 2 saturated heterocycles. The van der Waals surface area contributed by atoms with Crippen molar-refractivity contribution in [3.63, 3.8) is 0 Å². The van der Waals surface area contributed by atoms with Gasteiger partial charge in [-0.1, -0.05) is 12.1 Å². The number of hydrogen-bond acceptors (Lipinski definition) is 8. The van der Waals surface area contributed by atoms with Gasteiger partial charge in [0.25, 0.3) is 0 Å². The Balaban J connectivity index is 1.30. The summed E-state index contributed by atoms with van der Waals surface area (Å²) in [4.78, 5) is 44.8. The molecule has 0 bridgehead atoms. The van der Waals surface area contributed by atoms with E-state index >= 15 is 0 Å². The zero-order chi connectivity index (χ0) is 25.9. The number of nitrogens with one attached hydrogen (secondary N) is 3. The lowest BCUT2D eigenvalue weighted by molar-refractivity contribution is -0.137. The van der Waals surface area contributed by atoms with Gasteiger partial charge in [0.05, 0.1) is 11.2 Å². The molecule has 1 aromatic heterocycles. The van der Waals surface area contributed by atoms with Crippen molar-refractivity contribution >= 4 is 17.8 Å². The Morgan fingerprint density at radius 3 is 2.31 bits per heavy atom. The van der Waals surface area contributed by atoms with E-state index in [0.29, 0.717) is 58.0 Å². The molecule has 2 aliphatic heterocycles. The average Bonchev–Trinajstić information content (AvgIpc) is 2.83. The monoisotopic (exact) mass is 498 g/mol. The Hall–Kier alpha value is -3.32. The van der Waals surface area contributed by atoms with E-state index in [0.717, 1.165) is 5.56 Å². The van der Waals surface area contributed by atoms with Crippen molar-refractivity contribution in [1.29, 1.82) is 0 Å². The lowest BCUT2D eigenvalue weighted by atomic mass is 9.97. The molecular formula is C24H34N8O4. The Morgan fingerprint density at radius 2 is 1.75 bits per heavy atom. The number of anilines is 1. The molecule has 0 aliphatic carbocycles. The zero-order valence-corrected chi connectivity index (χ0v) is 20.7. The molecule has 36 heavy (non-hydrogen) atoms. The molecule has 0 atom stereocenters. The number of hydrogen-bond donors (Lipinski definition) is 5. The fraction of sp³-hybridized carbons (Fsp3) is 0.500. The topological polar surface area (TPSA) is 158 Å². The lowest BCUT2D eigenvalue weighted by Gasteiger charge is -2.37. The number of aromatic nitrogens is 2. The third-order valence-corrected chi connectivity index (χ3v) is 6.35. The van der Waals surface area contributed by atoms with E-state index in [1.165, 1.54) is 4.57 Å². The number of carbonyl (C=O) groups excluding carboxylic acids is 2. The Kier molecular flexibility index (Phi) is 7.41. The molecule has 1 aromatic carbocycles. The van der Waals surface area contributed by atoms with Gasteiger partial charge in [-0.05, 0) is 37.6 Å². The molecule has 3 heterocycles. The molecule has 0 unspecified atom stereocenters. The molecule has 0 spiro atoms. The number of aliphatic hydroxyl groups is 1. The van der Waals surface area contributed by atoms with E-state index in [-0.39, 0.29) is 17.8 Å².